The van der Waals surface area contributed by atoms with Crippen LogP contribution in [-0.2, 0) is 0 Å². The molecule has 0 amide bonds. The van der Waals surface area contributed by atoms with E-state index < -0.39 is 0 Å². The fourth-order valence-corrected chi connectivity index (χ4v) is 2.88. The molecule has 0 aliphatic heterocycles. The molecule has 0 saturated carbocycles. The van der Waals surface area contributed by atoms with Crippen molar-refractivity contribution in [3.05, 3.63) is 52.7 Å². The number of nitriles is 1. The van der Waals surface area contributed by atoms with Gasteiger partial charge in [0.2, 0.25) is 0 Å². The summed E-state index contributed by atoms with van der Waals surface area (Å²) in [4.78, 5) is 15.0. The number of anilines is 1. The Bertz CT molecular complexity index is 587. The van der Waals surface area contributed by atoms with Crippen LogP contribution in [0.3, 0.4) is 0 Å². The van der Waals surface area contributed by atoms with Crippen molar-refractivity contribution >= 4 is 22.8 Å². The highest BCUT2D eigenvalue weighted by atomic mass is 32.1. The minimum Gasteiger partial charge on any atom is -0.370 e. The van der Waals surface area contributed by atoms with Gasteiger partial charge >= 0.3 is 0 Å². The number of hydrogen-bond acceptors (Lipinski definition) is 4. The molecule has 0 N–H and O–H groups in total. The number of rotatable bonds is 8. The van der Waals surface area contributed by atoms with Crippen LogP contribution in [0.25, 0.3) is 0 Å². The first-order valence-corrected chi connectivity index (χ1v) is 7.93. The molecular weight excluding hydrogens is 280 g/mol. The topological polar surface area (TPSA) is 44.1 Å². The van der Waals surface area contributed by atoms with Crippen LogP contribution >= 0.6 is 11.3 Å². The highest BCUT2D eigenvalue weighted by Crippen LogP contribution is 2.16. The third-order valence-corrected chi connectivity index (χ3v) is 4.15. The van der Waals surface area contributed by atoms with Gasteiger partial charge in [-0.3, -0.25) is 4.79 Å². The maximum atomic E-state index is 12.0. The van der Waals surface area contributed by atoms with Crippen LogP contribution in [-0.4, -0.2) is 18.9 Å². The van der Waals surface area contributed by atoms with Crippen molar-refractivity contribution in [3.8, 4) is 6.07 Å². The number of thiophene rings is 1. The van der Waals surface area contributed by atoms with E-state index in [2.05, 4.69) is 11.0 Å². The largest absolute Gasteiger partial charge is 0.370 e. The normalized spacial score (nSPS) is 10.0. The lowest BCUT2D eigenvalue weighted by Crippen LogP contribution is -2.25. The van der Waals surface area contributed by atoms with Gasteiger partial charge in [0.25, 0.3) is 0 Å². The van der Waals surface area contributed by atoms with Crippen LogP contribution in [0.2, 0.25) is 0 Å². The van der Waals surface area contributed by atoms with Crippen molar-refractivity contribution in [2.75, 3.05) is 18.0 Å². The molecule has 1 aromatic carbocycles. The summed E-state index contributed by atoms with van der Waals surface area (Å²) in [6, 6.07) is 16.0. The molecule has 3 nitrogen and oxygen atoms in total. The first kappa shape index (κ1) is 15.3. The summed E-state index contributed by atoms with van der Waals surface area (Å²) in [5.41, 5.74) is 1.11. The van der Waals surface area contributed by atoms with E-state index in [1.165, 1.54) is 11.3 Å². The summed E-state index contributed by atoms with van der Waals surface area (Å²) in [5, 5.41) is 10.7. The summed E-state index contributed by atoms with van der Waals surface area (Å²) < 4.78 is 0. The zero-order chi connectivity index (χ0) is 14.9. The number of ketones is 1. The zero-order valence-electron chi connectivity index (χ0n) is 11.9. The van der Waals surface area contributed by atoms with Gasteiger partial charge in [0.15, 0.2) is 5.78 Å². The van der Waals surface area contributed by atoms with Gasteiger partial charge in [-0.15, -0.1) is 11.3 Å². The van der Waals surface area contributed by atoms with E-state index in [9.17, 15) is 4.79 Å². The smallest absolute Gasteiger partial charge is 0.172 e. The van der Waals surface area contributed by atoms with E-state index in [1.54, 1.807) is 0 Å². The first-order valence-electron chi connectivity index (χ1n) is 7.05. The van der Waals surface area contributed by atoms with E-state index in [-0.39, 0.29) is 5.78 Å². The van der Waals surface area contributed by atoms with Crippen LogP contribution < -0.4 is 4.90 Å². The second-order valence-electron chi connectivity index (χ2n) is 4.73. The molecule has 0 fully saturated rings. The van der Waals surface area contributed by atoms with E-state index >= 15 is 0 Å². The quantitative estimate of drug-likeness (QED) is 0.688. The van der Waals surface area contributed by atoms with Crippen LogP contribution in [0.1, 0.15) is 28.9 Å². The van der Waals surface area contributed by atoms with Crippen molar-refractivity contribution in [1.82, 2.24) is 0 Å². The third kappa shape index (κ3) is 4.73. The highest BCUT2D eigenvalue weighted by Gasteiger charge is 2.09. The Balaban J connectivity index is 1.88. The Labute approximate surface area is 129 Å². The molecule has 0 unspecified atom stereocenters. The fourth-order valence-electron chi connectivity index (χ4n) is 2.18. The van der Waals surface area contributed by atoms with E-state index in [1.807, 2.05) is 47.8 Å². The maximum absolute atomic E-state index is 12.0. The van der Waals surface area contributed by atoms with Crippen molar-refractivity contribution in [2.24, 2.45) is 0 Å². The SMILES string of the molecule is N#CCCN(CCCC(=O)c1cccs1)c1ccccc1. The van der Waals surface area contributed by atoms with Crippen molar-refractivity contribution < 1.29 is 4.79 Å². The monoisotopic (exact) mass is 298 g/mol. The molecule has 2 rings (SSSR count). The van der Waals surface area contributed by atoms with Crippen LogP contribution in [0.4, 0.5) is 5.69 Å². The summed E-state index contributed by atoms with van der Waals surface area (Å²) >= 11 is 1.49. The molecule has 2 aromatic rings. The molecule has 0 radical (unpaired) electrons. The summed E-state index contributed by atoms with van der Waals surface area (Å²) in [6.07, 6.45) is 1.85. The molecule has 0 atom stereocenters. The number of benzene rings is 1. The Morgan fingerprint density at radius 1 is 1.14 bits per heavy atom. The summed E-state index contributed by atoms with van der Waals surface area (Å²) in [5.74, 6) is 0.207. The summed E-state index contributed by atoms with van der Waals surface area (Å²) in [6.45, 7) is 1.50. The van der Waals surface area contributed by atoms with E-state index in [0.29, 0.717) is 19.4 Å². The zero-order valence-corrected chi connectivity index (χ0v) is 12.7. The molecule has 1 heterocycles. The van der Waals surface area contributed by atoms with Crippen molar-refractivity contribution in [3.63, 3.8) is 0 Å². The Kier molecular flexibility index (Phi) is 5.99. The molecule has 21 heavy (non-hydrogen) atoms. The average molecular weight is 298 g/mol. The number of Topliss-reactive ketones (excluding diaryl/α,β-unsaturated/α-hetero) is 1. The van der Waals surface area contributed by atoms with Gasteiger partial charge in [0, 0.05) is 25.2 Å². The van der Waals surface area contributed by atoms with Gasteiger partial charge in [0.1, 0.15) is 0 Å². The van der Waals surface area contributed by atoms with E-state index in [0.717, 1.165) is 23.5 Å². The highest BCUT2D eigenvalue weighted by molar-refractivity contribution is 7.12. The molecule has 0 aliphatic rings. The van der Waals surface area contributed by atoms with Gasteiger partial charge in [-0.05, 0) is 30.0 Å². The van der Waals surface area contributed by atoms with Crippen LogP contribution in [0, 0.1) is 11.3 Å². The number of hydrogen-bond donors (Lipinski definition) is 0. The summed E-state index contributed by atoms with van der Waals surface area (Å²) in [7, 11) is 0. The molecule has 108 valence electrons. The predicted octanol–water partition coefficient (Wildman–Crippen LogP) is 4.13. The molecule has 4 heteroatoms. The average Bonchev–Trinajstić information content (AvgIpc) is 3.06. The molecule has 0 spiro atoms. The lowest BCUT2D eigenvalue weighted by Gasteiger charge is -2.23. The van der Waals surface area contributed by atoms with Gasteiger partial charge < -0.3 is 4.90 Å². The van der Waals surface area contributed by atoms with Crippen LogP contribution in [0.15, 0.2) is 47.8 Å². The Morgan fingerprint density at radius 3 is 2.62 bits per heavy atom. The minimum atomic E-state index is 0.207. The third-order valence-electron chi connectivity index (χ3n) is 3.24. The first-order chi connectivity index (χ1) is 10.3. The lowest BCUT2D eigenvalue weighted by atomic mass is 10.1. The Morgan fingerprint density at radius 2 is 1.95 bits per heavy atom. The second-order valence-corrected chi connectivity index (χ2v) is 5.68. The molecule has 0 saturated heterocycles. The van der Waals surface area contributed by atoms with E-state index in [4.69, 9.17) is 5.26 Å². The number of carbonyl (C=O) groups is 1. The maximum Gasteiger partial charge on any atom is 0.172 e. The second kappa shape index (κ2) is 8.23. The number of para-hydroxylation sites is 1. The van der Waals surface area contributed by atoms with Gasteiger partial charge in [-0.25, -0.2) is 0 Å². The van der Waals surface area contributed by atoms with Crippen molar-refractivity contribution in [1.29, 1.82) is 5.26 Å². The molecule has 0 bridgehead atoms. The van der Waals surface area contributed by atoms with Gasteiger partial charge in [-0.1, -0.05) is 24.3 Å². The number of nitrogens with zero attached hydrogens (tertiary/aromatic N) is 2. The van der Waals surface area contributed by atoms with Crippen LogP contribution in [0.5, 0.6) is 0 Å². The predicted molar refractivity (Wildman–Crippen MR) is 86.8 cm³/mol. The molecule has 0 aliphatic carbocycles. The standard InChI is InChI=1S/C17H18N2OS/c18-11-6-13-19(15-7-2-1-3-8-15)12-4-9-16(20)17-10-5-14-21-17/h1-3,5,7-8,10,14H,4,6,9,12-13H2. The number of carbonyl (C=O) groups excluding carboxylic acids is 1. The minimum absolute atomic E-state index is 0.207. The molecule has 1 aromatic heterocycles. The fraction of sp³-hybridized carbons (Fsp3) is 0.294. The molecular formula is C17H18N2OS. The van der Waals surface area contributed by atoms with Crippen molar-refractivity contribution in [2.45, 2.75) is 19.3 Å². The Hall–Kier alpha value is -2.12. The lowest BCUT2D eigenvalue weighted by molar-refractivity contribution is 0.0984. The van der Waals surface area contributed by atoms with Gasteiger partial charge in [0.05, 0.1) is 17.4 Å². The van der Waals surface area contributed by atoms with Gasteiger partial charge in [-0.2, -0.15) is 5.26 Å².